The fourth-order valence-corrected chi connectivity index (χ4v) is 4.75. The third-order valence-electron chi connectivity index (χ3n) is 5.60. The van der Waals surface area contributed by atoms with Crippen molar-refractivity contribution in [2.75, 3.05) is 11.8 Å². The largest absolute Gasteiger partial charge is 0.496 e. The molecule has 0 spiro atoms. The molecule has 0 aliphatic carbocycles. The van der Waals surface area contributed by atoms with Gasteiger partial charge in [-0.25, -0.2) is 8.42 Å². The maximum Gasteiger partial charge on any atom is 0.261 e. The number of amides is 1. The summed E-state index contributed by atoms with van der Waals surface area (Å²) in [7, 11) is -2.08. The lowest BCUT2D eigenvalue weighted by molar-refractivity contribution is 0.0935. The number of sulfonamides is 1. The molecule has 0 aliphatic rings. The minimum absolute atomic E-state index is 0.151. The molecule has 7 heteroatoms. The van der Waals surface area contributed by atoms with Crippen molar-refractivity contribution in [2.24, 2.45) is 0 Å². The second kappa shape index (κ2) is 10.1. The van der Waals surface area contributed by atoms with Gasteiger partial charge in [0.15, 0.2) is 0 Å². The van der Waals surface area contributed by atoms with E-state index in [0.29, 0.717) is 16.8 Å². The number of anilines is 1. The van der Waals surface area contributed by atoms with Gasteiger partial charge in [0.25, 0.3) is 15.9 Å². The van der Waals surface area contributed by atoms with Crippen LogP contribution >= 0.6 is 0 Å². The number of hydrogen-bond acceptors (Lipinski definition) is 4. The summed E-state index contributed by atoms with van der Waals surface area (Å²) in [6.07, 6.45) is 0.727. The van der Waals surface area contributed by atoms with Crippen LogP contribution in [-0.4, -0.2) is 21.4 Å². The number of carbonyl (C=O) groups excluding carboxylic acids is 1. The topological polar surface area (TPSA) is 84.5 Å². The van der Waals surface area contributed by atoms with E-state index in [4.69, 9.17) is 4.74 Å². The number of ether oxygens (including phenoxy) is 1. The zero-order valence-electron chi connectivity index (χ0n) is 19.6. The Morgan fingerprint density at radius 3 is 2.21 bits per heavy atom. The summed E-state index contributed by atoms with van der Waals surface area (Å²) in [5.41, 5.74) is 4.55. The average molecular weight is 467 g/mol. The summed E-state index contributed by atoms with van der Waals surface area (Å²) in [5.74, 6) is 0.589. The van der Waals surface area contributed by atoms with E-state index in [0.717, 1.165) is 28.9 Å². The predicted molar refractivity (Wildman–Crippen MR) is 131 cm³/mol. The summed E-state index contributed by atoms with van der Waals surface area (Å²) in [6, 6.07) is 17.3. The van der Waals surface area contributed by atoms with Gasteiger partial charge in [-0.1, -0.05) is 36.8 Å². The van der Waals surface area contributed by atoms with Crippen LogP contribution in [0.2, 0.25) is 0 Å². The van der Waals surface area contributed by atoms with Gasteiger partial charge < -0.3 is 10.1 Å². The molecule has 2 N–H and O–H groups in total. The summed E-state index contributed by atoms with van der Waals surface area (Å²) >= 11 is 0. The van der Waals surface area contributed by atoms with Gasteiger partial charge in [-0.15, -0.1) is 0 Å². The molecule has 0 aromatic heterocycles. The Kier molecular flexibility index (Phi) is 7.43. The molecular weight excluding hydrogens is 436 g/mol. The number of rotatable bonds is 8. The third-order valence-corrected chi connectivity index (χ3v) is 6.98. The van der Waals surface area contributed by atoms with Crippen molar-refractivity contribution in [2.45, 2.75) is 45.1 Å². The number of methoxy groups -OCH3 is 1. The molecule has 1 atom stereocenters. The Balaban J connectivity index is 1.76. The Labute approximate surface area is 196 Å². The van der Waals surface area contributed by atoms with E-state index in [-0.39, 0.29) is 16.8 Å². The minimum atomic E-state index is -3.72. The van der Waals surface area contributed by atoms with Crippen LogP contribution < -0.4 is 14.8 Å². The van der Waals surface area contributed by atoms with Crippen LogP contribution in [-0.2, 0) is 10.0 Å². The quantitative estimate of drug-likeness (QED) is 0.472. The van der Waals surface area contributed by atoms with Gasteiger partial charge in [0.2, 0.25) is 0 Å². The summed E-state index contributed by atoms with van der Waals surface area (Å²) in [5, 5.41) is 3.07. The Morgan fingerprint density at radius 1 is 0.939 bits per heavy atom. The first kappa shape index (κ1) is 24.3. The highest BCUT2D eigenvalue weighted by molar-refractivity contribution is 7.92. The van der Waals surface area contributed by atoms with Gasteiger partial charge in [-0.3, -0.25) is 9.52 Å². The SMILES string of the molecule is CC[C@@H](NC(=O)c1ccc(NS(=O)(=O)c2ccc(C)cc2)c(C)c1)c1ccc(OC)c(C)c1. The number of aryl methyl sites for hydroxylation is 3. The lowest BCUT2D eigenvalue weighted by Crippen LogP contribution is -2.28. The zero-order chi connectivity index (χ0) is 24.2. The number of nitrogens with one attached hydrogen (secondary N) is 2. The summed E-state index contributed by atoms with van der Waals surface area (Å²) in [6.45, 7) is 7.65. The molecule has 1 amide bonds. The van der Waals surface area contributed by atoms with E-state index in [1.54, 1.807) is 56.5 Å². The van der Waals surface area contributed by atoms with Gasteiger partial charge >= 0.3 is 0 Å². The highest BCUT2D eigenvalue weighted by Gasteiger charge is 2.18. The van der Waals surface area contributed by atoms with Crippen molar-refractivity contribution in [3.63, 3.8) is 0 Å². The molecule has 33 heavy (non-hydrogen) atoms. The normalized spacial score (nSPS) is 12.2. The second-order valence-corrected chi connectivity index (χ2v) is 9.79. The number of hydrogen-bond donors (Lipinski definition) is 2. The highest BCUT2D eigenvalue weighted by Crippen LogP contribution is 2.25. The molecule has 0 unspecified atom stereocenters. The number of carbonyl (C=O) groups is 1. The third kappa shape index (κ3) is 5.73. The van der Waals surface area contributed by atoms with Crippen molar-refractivity contribution >= 4 is 21.6 Å². The van der Waals surface area contributed by atoms with Crippen molar-refractivity contribution < 1.29 is 17.9 Å². The van der Waals surface area contributed by atoms with Crippen molar-refractivity contribution in [3.05, 3.63) is 88.5 Å². The van der Waals surface area contributed by atoms with Crippen molar-refractivity contribution in [3.8, 4) is 5.75 Å². The van der Waals surface area contributed by atoms with Crippen LogP contribution in [0, 0.1) is 20.8 Å². The molecular formula is C26H30N2O4S. The molecule has 3 aromatic rings. The first-order valence-electron chi connectivity index (χ1n) is 10.8. The first-order valence-corrected chi connectivity index (χ1v) is 12.3. The molecule has 0 radical (unpaired) electrons. The van der Waals surface area contributed by atoms with Crippen LogP contribution in [0.25, 0.3) is 0 Å². The molecule has 0 aliphatic heterocycles. The average Bonchev–Trinajstić information content (AvgIpc) is 2.78. The lowest BCUT2D eigenvalue weighted by Gasteiger charge is -2.19. The molecule has 3 rings (SSSR count). The molecule has 0 saturated heterocycles. The van der Waals surface area contributed by atoms with Gasteiger partial charge in [0.05, 0.1) is 23.7 Å². The van der Waals surface area contributed by atoms with E-state index in [9.17, 15) is 13.2 Å². The van der Waals surface area contributed by atoms with Gasteiger partial charge in [-0.2, -0.15) is 0 Å². The van der Waals surface area contributed by atoms with Crippen LogP contribution in [0.4, 0.5) is 5.69 Å². The molecule has 0 heterocycles. The molecule has 0 bridgehead atoms. The zero-order valence-corrected chi connectivity index (χ0v) is 20.4. The second-order valence-electron chi connectivity index (χ2n) is 8.11. The van der Waals surface area contributed by atoms with Crippen LogP contribution in [0.5, 0.6) is 5.75 Å². The van der Waals surface area contributed by atoms with Crippen LogP contribution in [0.3, 0.4) is 0 Å². The van der Waals surface area contributed by atoms with Crippen LogP contribution in [0.1, 0.15) is 52.0 Å². The molecule has 174 valence electrons. The van der Waals surface area contributed by atoms with Gasteiger partial charge in [0, 0.05) is 5.56 Å². The molecule has 0 saturated carbocycles. The van der Waals surface area contributed by atoms with Crippen molar-refractivity contribution in [1.82, 2.24) is 5.32 Å². The maximum atomic E-state index is 12.9. The number of benzene rings is 3. The summed E-state index contributed by atoms with van der Waals surface area (Å²) in [4.78, 5) is 13.1. The highest BCUT2D eigenvalue weighted by atomic mass is 32.2. The van der Waals surface area contributed by atoms with E-state index in [1.165, 1.54) is 0 Å². The van der Waals surface area contributed by atoms with E-state index in [1.807, 2.05) is 39.0 Å². The first-order chi connectivity index (χ1) is 15.6. The standard InChI is InChI=1S/C26H30N2O4S/c1-6-23(20-10-14-25(32-5)19(4)16-20)27-26(29)21-9-13-24(18(3)15-21)28-33(30,31)22-11-7-17(2)8-12-22/h7-16,23,28H,6H2,1-5H3,(H,27,29)/t23-/m1/s1. The predicted octanol–water partition coefficient (Wildman–Crippen LogP) is 5.30. The lowest BCUT2D eigenvalue weighted by atomic mass is 10.0. The summed E-state index contributed by atoms with van der Waals surface area (Å²) < 4.78 is 33.3. The van der Waals surface area contributed by atoms with Gasteiger partial charge in [-0.05, 0) is 80.3 Å². The van der Waals surface area contributed by atoms with Crippen molar-refractivity contribution in [1.29, 1.82) is 0 Å². The van der Waals surface area contributed by atoms with Crippen LogP contribution in [0.15, 0.2) is 65.6 Å². The van der Waals surface area contributed by atoms with E-state index in [2.05, 4.69) is 10.0 Å². The van der Waals surface area contributed by atoms with E-state index < -0.39 is 10.0 Å². The maximum absolute atomic E-state index is 12.9. The molecule has 3 aromatic carbocycles. The fraction of sp³-hybridized carbons (Fsp3) is 0.269. The van der Waals surface area contributed by atoms with Gasteiger partial charge in [0.1, 0.15) is 5.75 Å². The smallest absolute Gasteiger partial charge is 0.261 e. The molecule has 6 nitrogen and oxygen atoms in total. The Hall–Kier alpha value is -3.32. The Morgan fingerprint density at radius 2 is 1.64 bits per heavy atom. The minimum Gasteiger partial charge on any atom is -0.496 e. The van der Waals surface area contributed by atoms with E-state index >= 15 is 0 Å². The molecule has 0 fully saturated rings. The fourth-order valence-electron chi connectivity index (χ4n) is 3.62. The Bertz CT molecular complexity index is 1250. The monoisotopic (exact) mass is 466 g/mol.